The molecule has 1 aromatic rings. The first-order chi connectivity index (χ1) is 5.75. The summed E-state index contributed by atoms with van der Waals surface area (Å²) in [5.74, 6) is 5.06. The molecule has 0 aliphatic heterocycles. The van der Waals surface area contributed by atoms with E-state index in [9.17, 15) is 0 Å². The van der Waals surface area contributed by atoms with Gasteiger partial charge in [0.05, 0.1) is 5.69 Å². The Hall–Kier alpha value is -1.36. The van der Waals surface area contributed by atoms with Crippen molar-refractivity contribution in [2.24, 2.45) is 5.90 Å². The molecule has 0 bridgehead atoms. The first kappa shape index (κ1) is 10.6. The summed E-state index contributed by atoms with van der Waals surface area (Å²) in [5, 5.41) is 0. The Kier molecular flexibility index (Phi) is 4.71. The molecule has 0 aliphatic rings. The molecule has 0 aromatic carbocycles. The molecule has 0 amide bonds. The minimum atomic E-state index is 0.215. The highest BCUT2D eigenvalue weighted by Crippen LogP contribution is 2.17. The molecule has 5 heteroatoms. The van der Waals surface area contributed by atoms with E-state index in [1.807, 2.05) is 13.8 Å². The fraction of sp³-hybridized carbons (Fsp3) is 0.429. The number of hydrogen-bond acceptors (Lipinski definition) is 5. The van der Waals surface area contributed by atoms with Crippen LogP contribution in [0.5, 0.6) is 5.88 Å². The molecule has 0 saturated heterocycles. The predicted molar refractivity (Wildman–Crippen MR) is 47.3 cm³/mol. The second-order valence-electron chi connectivity index (χ2n) is 1.80. The van der Waals surface area contributed by atoms with Crippen LogP contribution in [0.3, 0.4) is 0 Å². The van der Waals surface area contributed by atoms with E-state index >= 15 is 0 Å². The molecule has 1 aromatic heterocycles. The third-order valence-electron chi connectivity index (χ3n) is 1.16. The van der Waals surface area contributed by atoms with Gasteiger partial charge in [-0.1, -0.05) is 13.8 Å². The predicted octanol–water partition coefficient (Wildman–Crippen LogP) is 0.646. The SMILES string of the molecule is CC.Cc1ncnc(ON)c1N. The molecule has 0 atom stereocenters. The highest BCUT2D eigenvalue weighted by atomic mass is 16.6. The number of nitrogen functional groups attached to an aromatic ring is 1. The van der Waals surface area contributed by atoms with Crippen LogP contribution in [0.1, 0.15) is 19.5 Å². The summed E-state index contributed by atoms with van der Waals surface area (Å²) < 4.78 is 0. The molecule has 12 heavy (non-hydrogen) atoms. The van der Waals surface area contributed by atoms with Crippen molar-refractivity contribution in [3.63, 3.8) is 0 Å². The Bertz CT molecular complexity index is 239. The molecule has 68 valence electrons. The fourth-order valence-electron chi connectivity index (χ4n) is 0.556. The zero-order valence-electron chi connectivity index (χ0n) is 7.53. The minimum Gasteiger partial charge on any atom is -0.393 e. The smallest absolute Gasteiger partial charge is 0.263 e. The lowest BCUT2D eigenvalue weighted by Gasteiger charge is -2.01. The molecule has 1 heterocycles. The van der Waals surface area contributed by atoms with Gasteiger partial charge in [0.15, 0.2) is 0 Å². The van der Waals surface area contributed by atoms with E-state index in [-0.39, 0.29) is 5.88 Å². The maximum Gasteiger partial charge on any atom is 0.263 e. The molecule has 5 nitrogen and oxygen atoms in total. The average Bonchev–Trinajstić information content (AvgIpc) is 2.13. The van der Waals surface area contributed by atoms with Gasteiger partial charge in [0.2, 0.25) is 0 Å². The van der Waals surface area contributed by atoms with E-state index in [2.05, 4.69) is 14.8 Å². The van der Waals surface area contributed by atoms with Crippen LogP contribution >= 0.6 is 0 Å². The average molecular weight is 170 g/mol. The summed E-state index contributed by atoms with van der Waals surface area (Å²) in [6.07, 6.45) is 1.34. The summed E-state index contributed by atoms with van der Waals surface area (Å²) in [7, 11) is 0. The lowest BCUT2D eigenvalue weighted by Crippen LogP contribution is -2.08. The maximum absolute atomic E-state index is 5.46. The monoisotopic (exact) mass is 170 g/mol. The standard InChI is InChI=1S/C5H8N4O.C2H6/c1-3-4(6)5(10-7)9-2-8-3;1-2/h2H,6-7H2,1H3;1-2H3. The van der Waals surface area contributed by atoms with E-state index in [1.165, 1.54) is 6.33 Å². The number of hydrogen-bond donors (Lipinski definition) is 2. The Labute approximate surface area is 71.7 Å². The number of nitrogens with zero attached hydrogens (tertiary/aromatic N) is 2. The van der Waals surface area contributed by atoms with Crippen molar-refractivity contribution in [3.05, 3.63) is 12.0 Å². The quantitative estimate of drug-likeness (QED) is 0.604. The summed E-state index contributed by atoms with van der Waals surface area (Å²) >= 11 is 0. The molecule has 0 fully saturated rings. The van der Waals surface area contributed by atoms with Crippen LogP contribution in [-0.2, 0) is 0 Å². The van der Waals surface area contributed by atoms with Crippen molar-refractivity contribution in [2.75, 3.05) is 5.73 Å². The van der Waals surface area contributed by atoms with Gasteiger partial charge >= 0.3 is 0 Å². The molecule has 0 aliphatic carbocycles. The minimum absolute atomic E-state index is 0.215. The summed E-state index contributed by atoms with van der Waals surface area (Å²) in [6, 6.07) is 0. The fourth-order valence-corrected chi connectivity index (χ4v) is 0.556. The van der Waals surface area contributed by atoms with Gasteiger partial charge in [-0.3, -0.25) is 0 Å². The van der Waals surface area contributed by atoms with Gasteiger partial charge in [0.1, 0.15) is 12.0 Å². The lowest BCUT2D eigenvalue weighted by atomic mass is 10.4. The molecule has 0 spiro atoms. The van der Waals surface area contributed by atoms with Crippen LogP contribution in [0.2, 0.25) is 0 Å². The normalized spacial score (nSPS) is 8.33. The summed E-state index contributed by atoms with van der Waals surface area (Å²) in [5.41, 5.74) is 6.51. The Balaban J connectivity index is 0.000000561. The van der Waals surface area contributed by atoms with Crippen molar-refractivity contribution in [2.45, 2.75) is 20.8 Å². The largest absolute Gasteiger partial charge is 0.393 e. The van der Waals surface area contributed by atoms with Crippen molar-refractivity contribution in [1.82, 2.24) is 9.97 Å². The summed E-state index contributed by atoms with van der Waals surface area (Å²) in [4.78, 5) is 11.8. The Morgan fingerprint density at radius 1 is 1.33 bits per heavy atom. The highest BCUT2D eigenvalue weighted by Gasteiger charge is 2.02. The molecule has 4 N–H and O–H groups in total. The van der Waals surface area contributed by atoms with E-state index in [0.29, 0.717) is 11.4 Å². The zero-order valence-corrected chi connectivity index (χ0v) is 7.53. The van der Waals surface area contributed by atoms with Crippen molar-refractivity contribution < 1.29 is 4.84 Å². The molecular formula is C7H14N4O. The van der Waals surface area contributed by atoms with Gasteiger partial charge in [-0.2, -0.15) is 10.9 Å². The third kappa shape index (κ3) is 2.35. The number of aromatic nitrogens is 2. The zero-order chi connectivity index (χ0) is 9.56. The molecule has 1 rings (SSSR count). The van der Waals surface area contributed by atoms with Crippen LogP contribution < -0.4 is 16.5 Å². The van der Waals surface area contributed by atoms with Crippen LogP contribution in [0.25, 0.3) is 0 Å². The van der Waals surface area contributed by atoms with Crippen LogP contribution in [-0.4, -0.2) is 9.97 Å². The van der Waals surface area contributed by atoms with E-state index in [4.69, 9.17) is 11.6 Å². The molecular weight excluding hydrogens is 156 g/mol. The van der Waals surface area contributed by atoms with Crippen LogP contribution in [0.15, 0.2) is 6.33 Å². The van der Waals surface area contributed by atoms with Crippen LogP contribution in [0.4, 0.5) is 5.69 Å². The second kappa shape index (κ2) is 5.31. The van der Waals surface area contributed by atoms with Gasteiger partial charge in [-0.05, 0) is 6.92 Å². The van der Waals surface area contributed by atoms with E-state index in [0.717, 1.165) is 0 Å². The number of nitrogens with two attached hydrogens (primary N) is 2. The van der Waals surface area contributed by atoms with Gasteiger partial charge < -0.3 is 10.6 Å². The van der Waals surface area contributed by atoms with Gasteiger partial charge in [-0.25, -0.2) is 4.98 Å². The molecule has 0 unspecified atom stereocenters. The molecule has 0 radical (unpaired) electrons. The third-order valence-corrected chi connectivity index (χ3v) is 1.16. The van der Waals surface area contributed by atoms with Crippen LogP contribution in [0, 0.1) is 6.92 Å². The van der Waals surface area contributed by atoms with E-state index in [1.54, 1.807) is 6.92 Å². The second-order valence-corrected chi connectivity index (χ2v) is 1.80. The van der Waals surface area contributed by atoms with Gasteiger partial charge in [-0.15, -0.1) is 0 Å². The number of anilines is 1. The molecule has 0 saturated carbocycles. The lowest BCUT2D eigenvalue weighted by molar-refractivity contribution is 0.322. The van der Waals surface area contributed by atoms with Crippen molar-refractivity contribution in [3.8, 4) is 5.88 Å². The number of aryl methyl sites for hydroxylation is 1. The first-order valence-corrected chi connectivity index (χ1v) is 3.69. The highest BCUT2D eigenvalue weighted by molar-refractivity contribution is 5.50. The number of rotatable bonds is 1. The summed E-state index contributed by atoms with van der Waals surface area (Å²) in [6.45, 7) is 5.75. The Morgan fingerprint density at radius 3 is 2.33 bits per heavy atom. The topological polar surface area (TPSA) is 87.0 Å². The van der Waals surface area contributed by atoms with Gasteiger partial charge in [0, 0.05) is 0 Å². The van der Waals surface area contributed by atoms with E-state index < -0.39 is 0 Å². The maximum atomic E-state index is 5.46. The first-order valence-electron chi connectivity index (χ1n) is 3.69. The Morgan fingerprint density at radius 2 is 1.92 bits per heavy atom. The van der Waals surface area contributed by atoms with Crippen molar-refractivity contribution >= 4 is 5.69 Å². The van der Waals surface area contributed by atoms with Gasteiger partial charge in [0.25, 0.3) is 5.88 Å². The van der Waals surface area contributed by atoms with Crippen molar-refractivity contribution in [1.29, 1.82) is 0 Å².